The fourth-order valence-corrected chi connectivity index (χ4v) is 5.69. The lowest BCUT2D eigenvalue weighted by Crippen LogP contribution is -2.37. The van der Waals surface area contributed by atoms with Crippen LogP contribution in [-0.4, -0.2) is 47.4 Å². The smallest absolute Gasteiger partial charge is 0.324 e. The zero-order valence-electron chi connectivity index (χ0n) is 24.0. The Bertz CT molecular complexity index is 1330. The summed E-state index contributed by atoms with van der Waals surface area (Å²) in [4.78, 5) is 27.3. The van der Waals surface area contributed by atoms with E-state index in [-0.39, 0.29) is 35.2 Å². The molecule has 2 atom stereocenters. The van der Waals surface area contributed by atoms with Crippen LogP contribution in [0.4, 0.5) is 16.3 Å². The molecule has 3 aromatic rings. The molecule has 0 bridgehead atoms. The van der Waals surface area contributed by atoms with Gasteiger partial charge in [-0.25, -0.2) is 9.48 Å². The molecular weight excluding hydrogens is 502 g/mol. The van der Waals surface area contributed by atoms with Crippen molar-refractivity contribution in [2.24, 2.45) is 5.92 Å². The molecule has 1 aromatic heterocycles. The Morgan fingerprint density at radius 1 is 1.02 bits per heavy atom. The monoisotopic (exact) mass is 543 g/mol. The van der Waals surface area contributed by atoms with Gasteiger partial charge in [0, 0.05) is 23.8 Å². The van der Waals surface area contributed by atoms with Crippen molar-refractivity contribution in [3.8, 4) is 5.69 Å². The van der Waals surface area contributed by atoms with Gasteiger partial charge in [-0.3, -0.25) is 10.1 Å². The van der Waals surface area contributed by atoms with Crippen LogP contribution >= 0.6 is 0 Å². The van der Waals surface area contributed by atoms with Crippen LogP contribution in [0.5, 0.6) is 0 Å². The van der Waals surface area contributed by atoms with Crippen molar-refractivity contribution < 1.29 is 14.3 Å². The van der Waals surface area contributed by atoms with Crippen LogP contribution in [0.25, 0.3) is 5.69 Å². The number of hydrogen-bond donors (Lipinski definition) is 3. The Labute approximate surface area is 236 Å². The number of aromatic nitrogens is 2. The van der Waals surface area contributed by atoms with Gasteiger partial charge < -0.3 is 15.4 Å². The molecule has 2 aromatic carbocycles. The number of ether oxygens (including phenoxy) is 1. The molecule has 2 saturated heterocycles. The molecule has 0 saturated carbocycles. The summed E-state index contributed by atoms with van der Waals surface area (Å²) in [5.41, 5.74) is 4.19. The highest BCUT2D eigenvalue weighted by atomic mass is 16.5. The maximum atomic E-state index is 13.8. The zero-order chi connectivity index (χ0) is 28.3. The molecule has 8 nitrogen and oxygen atoms in total. The van der Waals surface area contributed by atoms with Gasteiger partial charge in [0.25, 0.3) is 0 Å². The van der Waals surface area contributed by atoms with Crippen LogP contribution in [0.3, 0.4) is 0 Å². The molecule has 8 heteroatoms. The van der Waals surface area contributed by atoms with Crippen LogP contribution in [0.15, 0.2) is 54.6 Å². The number of para-hydroxylation sites is 1. The van der Waals surface area contributed by atoms with Crippen LogP contribution in [0, 0.1) is 12.8 Å². The predicted molar refractivity (Wildman–Crippen MR) is 158 cm³/mol. The number of ketones is 1. The largest absolute Gasteiger partial charge is 0.370 e. The minimum Gasteiger partial charge on any atom is -0.370 e. The Morgan fingerprint density at radius 2 is 1.75 bits per heavy atom. The summed E-state index contributed by atoms with van der Waals surface area (Å²) >= 11 is 0. The average molecular weight is 544 g/mol. The standard InChI is InChI=1S/C32H41N5O3/c1-21-11-13-23(14-12-21)37-28(20-27(36-37)32(2,3)4)35-31(39)34-25-9-6-5-8-24(25)29(22-15-17-33-18-16-22)30(38)26-10-7-19-40-26/h5-6,8-9,11-14,20,22,26,29,33H,7,10,15-19H2,1-4H3,(H2,34,35,39). The molecule has 212 valence electrons. The number of aryl methyl sites for hydroxylation is 1. The third-order valence-corrected chi connectivity index (χ3v) is 7.95. The number of hydrogen-bond acceptors (Lipinski definition) is 5. The molecule has 3 heterocycles. The van der Waals surface area contributed by atoms with E-state index in [0.717, 1.165) is 61.3 Å². The fourth-order valence-electron chi connectivity index (χ4n) is 5.69. The Balaban J connectivity index is 1.43. The molecule has 40 heavy (non-hydrogen) atoms. The van der Waals surface area contributed by atoms with E-state index in [4.69, 9.17) is 9.84 Å². The van der Waals surface area contributed by atoms with Crippen molar-refractivity contribution in [2.75, 3.05) is 30.3 Å². The van der Waals surface area contributed by atoms with E-state index < -0.39 is 0 Å². The first kappa shape index (κ1) is 28.1. The number of Topliss-reactive ketones (excluding diaryl/α,β-unsaturated/α-hetero) is 1. The molecular formula is C32H41N5O3. The summed E-state index contributed by atoms with van der Waals surface area (Å²) in [6.07, 6.45) is 3.11. The van der Waals surface area contributed by atoms with E-state index >= 15 is 0 Å². The van der Waals surface area contributed by atoms with E-state index in [1.807, 2.05) is 61.5 Å². The number of piperidine rings is 1. The predicted octanol–water partition coefficient (Wildman–Crippen LogP) is 5.95. The summed E-state index contributed by atoms with van der Waals surface area (Å²) in [6, 6.07) is 17.3. The Hall–Kier alpha value is -3.49. The maximum absolute atomic E-state index is 13.8. The quantitative estimate of drug-likeness (QED) is 0.342. The maximum Gasteiger partial charge on any atom is 0.324 e. The lowest BCUT2D eigenvalue weighted by Gasteiger charge is -2.32. The van der Waals surface area contributed by atoms with E-state index in [0.29, 0.717) is 18.1 Å². The van der Waals surface area contributed by atoms with Crippen LogP contribution in [0.2, 0.25) is 0 Å². The highest BCUT2D eigenvalue weighted by Gasteiger charge is 2.38. The highest BCUT2D eigenvalue weighted by Crippen LogP contribution is 2.38. The second kappa shape index (κ2) is 11.9. The fraction of sp³-hybridized carbons (Fsp3) is 0.469. The van der Waals surface area contributed by atoms with E-state index in [1.54, 1.807) is 4.68 Å². The first-order valence-electron chi connectivity index (χ1n) is 14.4. The normalized spacial score (nSPS) is 18.9. The van der Waals surface area contributed by atoms with Crippen molar-refractivity contribution in [2.45, 2.75) is 70.8 Å². The topological polar surface area (TPSA) is 97.3 Å². The third kappa shape index (κ3) is 6.29. The molecule has 0 aliphatic carbocycles. The highest BCUT2D eigenvalue weighted by molar-refractivity contribution is 6.01. The summed E-state index contributed by atoms with van der Waals surface area (Å²) in [7, 11) is 0. The molecule has 2 aliphatic heterocycles. The van der Waals surface area contributed by atoms with Crippen molar-refractivity contribution in [3.63, 3.8) is 0 Å². The minimum atomic E-state index is -0.380. The molecule has 5 rings (SSSR count). The zero-order valence-corrected chi connectivity index (χ0v) is 24.0. The molecule has 2 fully saturated rings. The summed E-state index contributed by atoms with van der Waals surface area (Å²) in [6.45, 7) is 10.7. The summed E-state index contributed by atoms with van der Waals surface area (Å²) < 4.78 is 7.59. The van der Waals surface area contributed by atoms with Crippen molar-refractivity contribution in [1.82, 2.24) is 15.1 Å². The summed E-state index contributed by atoms with van der Waals surface area (Å²) in [5, 5.41) is 14.3. The molecule has 2 unspecified atom stereocenters. The van der Waals surface area contributed by atoms with E-state index in [1.165, 1.54) is 0 Å². The van der Waals surface area contributed by atoms with Gasteiger partial charge in [0.15, 0.2) is 5.78 Å². The van der Waals surface area contributed by atoms with Crippen LogP contribution < -0.4 is 16.0 Å². The third-order valence-electron chi connectivity index (χ3n) is 7.95. The van der Waals surface area contributed by atoms with Gasteiger partial charge in [-0.2, -0.15) is 5.10 Å². The van der Waals surface area contributed by atoms with Gasteiger partial charge in [-0.05, 0) is 75.4 Å². The Morgan fingerprint density at radius 3 is 2.42 bits per heavy atom. The number of benzene rings is 2. The molecule has 2 aliphatic rings. The average Bonchev–Trinajstić information content (AvgIpc) is 3.62. The van der Waals surface area contributed by atoms with Gasteiger partial charge in [-0.1, -0.05) is 56.7 Å². The van der Waals surface area contributed by atoms with Gasteiger partial charge >= 0.3 is 6.03 Å². The number of carbonyl (C=O) groups excluding carboxylic acids is 2. The SMILES string of the molecule is Cc1ccc(-n2nc(C(C)(C)C)cc2NC(=O)Nc2ccccc2C(C(=O)C2CCCO2)C2CCNCC2)cc1. The van der Waals surface area contributed by atoms with Gasteiger partial charge in [0.2, 0.25) is 0 Å². The molecule has 0 radical (unpaired) electrons. The molecule has 2 amide bonds. The van der Waals surface area contributed by atoms with Crippen molar-refractivity contribution in [3.05, 3.63) is 71.4 Å². The lowest BCUT2D eigenvalue weighted by atomic mass is 9.76. The van der Waals surface area contributed by atoms with Crippen molar-refractivity contribution in [1.29, 1.82) is 0 Å². The van der Waals surface area contributed by atoms with Gasteiger partial charge in [-0.15, -0.1) is 0 Å². The van der Waals surface area contributed by atoms with Crippen LogP contribution in [0.1, 0.15) is 69.2 Å². The summed E-state index contributed by atoms with van der Waals surface area (Å²) in [5.74, 6) is 0.578. The minimum absolute atomic E-state index is 0.131. The number of nitrogens with zero attached hydrogens (tertiary/aromatic N) is 2. The number of nitrogens with one attached hydrogen (secondary N) is 3. The lowest BCUT2D eigenvalue weighted by molar-refractivity contribution is -0.130. The molecule has 3 N–H and O–H groups in total. The number of urea groups is 1. The first-order chi connectivity index (χ1) is 19.2. The second-order valence-corrected chi connectivity index (χ2v) is 12.0. The first-order valence-corrected chi connectivity index (χ1v) is 14.4. The molecule has 0 spiro atoms. The number of amides is 2. The number of anilines is 2. The van der Waals surface area contributed by atoms with Crippen molar-refractivity contribution >= 4 is 23.3 Å². The Kier molecular flexibility index (Phi) is 8.38. The number of rotatable bonds is 7. The van der Waals surface area contributed by atoms with E-state index in [9.17, 15) is 9.59 Å². The number of carbonyl (C=O) groups is 2. The van der Waals surface area contributed by atoms with Gasteiger partial charge in [0.1, 0.15) is 11.9 Å². The van der Waals surface area contributed by atoms with Crippen LogP contribution in [-0.2, 0) is 14.9 Å². The van der Waals surface area contributed by atoms with E-state index in [2.05, 4.69) is 36.7 Å². The van der Waals surface area contributed by atoms with Gasteiger partial charge in [0.05, 0.1) is 17.3 Å². The second-order valence-electron chi connectivity index (χ2n) is 12.0.